The number of nitrogens with one attached hydrogen (secondary N) is 1. The molecule has 0 saturated carbocycles. The molecule has 0 saturated heterocycles. The molecule has 94 valence electrons. The number of primary amides is 1. The number of nitrogens with zero attached hydrogens (tertiary/aromatic N) is 2. The van der Waals surface area contributed by atoms with Crippen LogP contribution in [0.3, 0.4) is 0 Å². The van der Waals surface area contributed by atoms with E-state index in [2.05, 4.69) is 10.3 Å². The van der Waals surface area contributed by atoms with Crippen LogP contribution in [0, 0.1) is 5.92 Å². The maximum atomic E-state index is 11.9. The molecule has 1 rings (SSSR count). The molecule has 0 aromatic carbocycles. The highest BCUT2D eigenvalue weighted by molar-refractivity contribution is 5.74. The third-order valence-corrected chi connectivity index (χ3v) is 2.14. The van der Waals surface area contributed by atoms with Crippen LogP contribution in [-0.2, 0) is 11.3 Å². The standard InChI is InChI=1S/C11H18N4O2/c1-8(2)7-15-6-5-14-10(11(15)17)13-4-3-9(12)16/h5-6,8H,3-4,7H2,1-2H3,(H2,12,16)(H,13,14). The summed E-state index contributed by atoms with van der Waals surface area (Å²) in [5.41, 5.74) is 4.83. The Morgan fingerprint density at radius 3 is 2.88 bits per heavy atom. The molecule has 0 radical (unpaired) electrons. The van der Waals surface area contributed by atoms with Gasteiger partial charge in [-0.3, -0.25) is 9.59 Å². The first kappa shape index (κ1) is 13.2. The van der Waals surface area contributed by atoms with Gasteiger partial charge in [-0.2, -0.15) is 0 Å². The highest BCUT2D eigenvalue weighted by Gasteiger charge is 2.05. The van der Waals surface area contributed by atoms with Crippen molar-refractivity contribution in [1.82, 2.24) is 9.55 Å². The number of rotatable bonds is 6. The number of carbonyl (C=O) groups excluding carboxylic acids is 1. The Balaban J connectivity index is 2.73. The molecule has 3 N–H and O–H groups in total. The van der Waals surface area contributed by atoms with Crippen molar-refractivity contribution in [3.63, 3.8) is 0 Å². The van der Waals surface area contributed by atoms with Crippen LogP contribution >= 0.6 is 0 Å². The largest absolute Gasteiger partial charge is 0.370 e. The molecule has 0 spiro atoms. The van der Waals surface area contributed by atoms with Crippen molar-refractivity contribution in [1.29, 1.82) is 0 Å². The third-order valence-electron chi connectivity index (χ3n) is 2.14. The maximum absolute atomic E-state index is 11.9. The van der Waals surface area contributed by atoms with Gasteiger partial charge in [0.15, 0.2) is 5.82 Å². The van der Waals surface area contributed by atoms with E-state index in [-0.39, 0.29) is 17.8 Å². The minimum Gasteiger partial charge on any atom is -0.370 e. The zero-order valence-corrected chi connectivity index (χ0v) is 10.1. The van der Waals surface area contributed by atoms with Crippen LogP contribution < -0.4 is 16.6 Å². The van der Waals surface area contributed by atoms with E-state index in [1.54, 1.807) is 17.0 Å². The van der Waals surface area contributed by atoms with E-state index in [0.29, 0.717) is 19.0 Å². The molecule has 17 heavy (non-hydrogen) atoms. The van der Waals surface area contributed by atoms with E-state index in [1.807, 2.05) is 13.8 Å². The summed E-state index contributed by atoms with van der Waals surface area (Å²) in [5.74, 6) is 0.235. The van der Waals surface area contributed by atoms with Crippen LogP contribution in [-0.4, -0.2) is 22.0 Å². The quantitative estimate of drug-likeness (QED) is 0.740. The molecule has 0 atom stereocenters. The molecule has 0 aliphatic heterocycles. The number of amides is 1. The summed E-state index contributed by atoms with van der Waals surface area (Å²) in [6.07, 6.45) is 3.40. The first-order chi connectivity index (χ1) is 8.00. The summed E-state index contributed by atoms with van der Waals surface area (Å²) < 4.78 is 1.60. The molecule has 6 nitrogen and oxygen atoms in total. The van der Waals surface area contributed by atoms with Crippen molar-refractivity contribution >= 4 is 11.7 Å². The van der Waals surface area contributed by atoms with Crippen molar-refractivity contribution in [2.24, 2.45) is 11.7 Å². The minimum absolute atomic E-state index is 0.175. The first-order valence-electron chi connectivity index (χ1n) is 5.58. The number of carbonyl (C=O) groups is 1. The van der Waals surface area contributed by atoms with E-state index in [0.717, 1.165) is 0 Å². The molecule has 0 bridgehead atoms. The van der Waals surface area contributed by atoms with Crippen molar-refractivity contribution in [3.05, 3.63) is 22.7 Å². The zero-order valence-electron chi connectivity index (χ0n) is 10.1. The van der Waals surface area contributed by atoms with Gasteiger partial charge in [0.2, 0.25) is 5.91 Å². The predicted octanol–water partition coefficient (Wildman–Crippen LogP) is 0.187. The number of aromatic nitrogens is 2. The van der Waals surface area contributed by atoms with Crippen LogP contribution in [0.15, 0.2) is 17.2 Å². The van der Waals surface area contributed by atoms with E-state index in [4.69, 9.17) is 5.73 Å². The van der Waals surface area contributed by atoms with Gasteiger partial charge >= 0.3 is 0 Å². The maximum Gasteiger partial charge on any atom is 0.293 e. The second kappa shape index (κ2) is 6.03. The van der Waals surface area contributed by atoms with Crippen molar-refractivity contribution < 1.29 is 4.79 Å². The number of anilines is 1. The predicted molar refractivity (Wildman–Crippen MR) is 65.6 cm³/mol. The second-order valence-electron chi connectivity index (χ2n) is 4.27. The van der Waals surface area contributed by atoms with Gasteiger partial charge in [-0.25, -0.2) is 4.98 Å². The molecule has 0 aliphatic rings. The fraction of sp³-hybridized carbons (Fsp3) is 0.545. The van der Waals surface area contributed by atoms with Crippen LogP contribution in [0.2, 0.25) is 0 Å². The van der Waals surface area contributed by atoms with Crippen molar-refractivity contribution in [2.75, 3.05) is 11.9 Å². The zero-order chi connectivity index (χ0) is 12.8. The molecule has 1 amide bonds. The van der Waals surface area contributed by atoms with Crippen LogP contribution in [0.25, 0.3) is 0 Å². The lowest BCUT2D eigenvalue weighted by Crippen LogP contribution is -2.27. The summed E-state index contributed by atoms with van der Waals surface area (Å²) in [5, 5.41) is 2.81. The number of hydrogen-bond acceptors (Lipinski definition) is 4. The average molecular weight is 238 g/mol. The third kappa shape index (κ3) is 4.26. The lowest BCUT2D eigenvalue weighted by atomic mass is 10.2. The van der Waals surface area contributed by atoms with E-state index in [1.165, 1.54) is 0 Å². The Morgan fingerprint density at radius 1 is 1.59 bits per heavy atom. The summed E-state index contributed by atoms with van der Waals surface area (Å²) in [4.78, 5) is 26.4. The lowest BCUT2D eigenvalue weighted by Gasteiger charge is -2.10. The van der Waals surface area contributed by atoms with Gasteiger partial charge < -0.3 is 15.6 Å². The van der Waals surface area contributed by atoms with Crippen LogP contribution in [0.5, 0.6) is 0 Å². The van der Waals surface area contributed by atoms with E-state index in [9.17, 15) is 9.59 Å². The molecule has 1 aromatic heterocycles. The molecule has 6 heteroatoms. The van der Waals surface area contributed by atoms with Crippen LogP contribution in [0.4, 0.5) is 5.82 Å². The average Bonchev–Trinajstić information content (AvgIpc) is 2.22. The molecular weight excluding hydrogens is 220 g/mol. The van der Waals surface area contributed by atoms with Gasteiger partial charge in [0.1, 0.15) is 0 Å². The number of nitrogens with two attached hydrogens (primary N) is 1. The summed E-state index contributed by atoms with van der Waals surface area (Å²) in [6, 6.07) is 0. The van der Waals surface area contributed by atoms with Gasteiger partial charge in [-0.15, -0.1) is 0 Å². The van der Waals surface area contributed by atoms with Crippen molar-refractivity contribution in [3.8, 4) is 0 Å². The van der Waals surface area contributed by atoms with Gasteiger partial charge in [-0.1, -0.05) is 13.8 Å². The molecular formula is C11H18N4O2. The Bertz CT molecular complexity index is 439. The summed E-state index contributed by atoms with van der Waals surface area (Å²) in [7, 11) is 0. The molecule has 0 aliphatic carbocycles. The van der Waals surface area contributed by atoms with Gasteiger partial charge in [-0.05, 0) is 5.92 Å². The SMILES string of the molecule is CC(C)Cn1ccnc(NCCC(N)=O)c1=O. The first-order valence-corrected chi connectivity index (χ1v) is 5.58. The van der Waals surface area contributed by atoms with Gasteiger partial charge in [0.25, 0.3) is 5.56 Å². The van der Waals surface area contributed by atoms with Crippen LogP contribution in [0.1, 0.15) is 20.3 Å². The highest BCUT2D eigenvalue weighted by atomic mass is 16.1. The molecule has 0 fully saturated rings. The molecule has 1 aromatic rings. The molecule has 1 heterocycles. The summed E-state index contributed by atoms with van der Waals surface area (Å²) >= 11 is 0. The van der Waals surface area contributed by atoms with E-state index >= 15 is 0 Å². The topological polar surface area (TPSA) is 90.0 Å². The van der Waals surface area contributed by atoms with Crippen molar-refractivity contribution in [2.45, 2.75) is 26.8 Å². The Labute approximate surface area is 99.8 Å². The molecule has 0 unspecified atom stereocenters. The Kier molecular flexibility index (Phi) is 4.68. The minimum atomic E-state index is -0.407. The lowest BCUT2D eigenvalue weighted by molar-refractivity contribution is -0.117. The number of hydrogen-bond donors (Lipinski definition) is 2. The monoisotopic (exact) mass is 238 g/mol. The van der Waals surface area contributed by atoms with Gasteiger partial charge in [0, 0.05) is 31.9 Å². The highest BCUT2D eigenvalue weighted by Crippen LogP contribution is 1.98. The second-order valence-corrected chi connectivity index (χ2v) is 4.27. The smallest absolute Gasteiger partial charge is 0.293 e. The fourth-order valence-electron chi connectivity index (χ4n) is 1.41. The normalized spacial score (nSPS) is 10.5. The van der Waals surface area contributed by atoms with E-state index < -0.39 is 5.91 Å². The van der Waals surface area contributed by atoms with Gasteiger partial charge in [0.05, 0.1) is 0 Å². The summed E-state index contributed by atoms with van der Waals surface area (Å²) in [6.45, 7) is 5.04. The Hall–Kier alpha value is -1.85. The Morgan fingerprint density at radius 2 is 2.29 bits per heavy atom. The fourth-order valence-corrected chi connectivity index (χ4v) is 1.41.